The molecule has 1 aromatic rings. The van der Waals surface area contributed by atoms with E-state index < -0.39 is 0 Å². The van der Waals surface area contributed by atoms with E-state index in [1.54, 1.807) is 12.1 Å². The van der Waals surface area contributed by atoms with Gasteiger partial charge in [-0.25, -0.2) is 4.39 Å². The van der Waals surface area contributed by atoms with Gasteiger partial charge in [0.1, 0.15) is 17.7 Å². The number of rotatable bonds is 5. The van der Waals surface area contributed by atoms with E-state index in [2.05, 4.69) is 4.90 Å². The van der Waals surface area contributed by atoms with Gasteiger partial charge >= 0.3 is 0 Å². The van der Waals surface area contributed by atoms with Gasteiger partial charge in [0.2, 0.25) is 0 Å². The smallest absolute Gasteiger partial charge is 0.123 e. The highest BCUT2D eigenvalue weighted by atomic mass is 19.1. The zero-order valence-corrected chi connectivity index (χ0v) is 13.2. The highest BCUT2D eigenvalue weighted by Gasteiger charge is 2.22. The molecule has 1 aromatic carbocycles. The second kappa shape index (κ2) is 7.93. The SMILES string of the molecule is Fc1ccc(OC2CCN(CCC3CCCCO3)CC2)cc1. The van der Waals surface area contributed by atoms with Crippen molar-refractivity contribution in [3.05, 3.63) is 30.1 Å². The van der Waals surface area contributed by atoms with Crippen LogP contribution in [0.5, 0.6) is 5.75 Å². The Balaban J connectivity index is 1.36. The van der Waals surface area contributed by atoms with Crippen molar-refractivity contribution >= 4 is 0 Å². The second-order valence-electron chi connectivity index (χ2n) is 6.39. The van der Waals surface area contributed by atoms with E-state index in [9.17, 15) is 4.39 Å². The summed E-state index contributed by atoms with van der Waals surface area (Å²) in [6.45, 7) is 4.24. The number of nitrogens with zero attached hydrogens (tertiary/aromatic N) is 1. The number of hydrogen-bond donors (Lipinski definition) is 0. The highest BCUT2D eigenvalue weighted by molar-refractivity contribution is 5.22. The van der Waals surface area contributed by atoms with E-state index >= 15 is 0 Å². The zero-order chi connectivity index (χ0) is 15.2. The molecule has 0 amide bonds. The van der Waals surface area contributed by atoms with Crippen molar-refractivity contribution in [1.29, 1.82) is 0 Å². The summed E-state index contributed by atoms with van der Waals surface area (Å²) in [5.74, 6) is 0.558. The van der Waals surface area contributed by atoms with E-state index in [0.717, 1.165) is 51.3 Å². The van der Waals surface area contributed by atoms with Crippen molar-refractivity contribution in [2.75, 3.05) is 26.2 Å². The van der Waals surface area contributed by atoms with Crippen LogP contribution in [0.4, 0.5) is 4.39 Å². The molecule has 3 rings (SSSR count). The molecule has 3 nitrogen and oxygen atoms in total. The summed E-state index contributed by atoms with van der Waals surface area (Å²) in [4.78, 5) is 2.52. The third-order valence-corrected chi connectivity index (χ3v) is 4.69. The van der Waals surface area contributed by atoms with Crippen molar-refractivity contribution in [1.82, 2.24) is 4.90 Å². The predicted octanol–water partition coefficient (Wildman–Crippen LogP) is 3.63. The largest absolute Gasteiger partial charge is 0.490 e. The molecule has 1 atom stereocenters. The lowest BCUT2D eigenvalue weighted by Gasteiger charge is -2.33. The number of benzene rings is 1. The van der Waals surface area contributed by atoms with Gasteiger partial charge in [-0.1, -0.05) is 0 Å². The predicted molar refractivity (Wildman–Crippen MR) is 84.7 cm³/mol. The molecule has 2 saturated heterocycles. The molecule has 4 heteroatoms. The fraction of sp³-hybridized carbons (Fsp3) is 0.667. The van der Waals surface area contributed by atoms with Gasteiger partial charge in [0, 0.05) is 26.2 Å². The topological polar surface area (TPSA) is 21.7 Å². The highest BCUT2D eigenvalue weighted by Crippen LogP contribution is 2.21. The molecule has 2 aliphatic rings. The van der Waals surface area contributed by atoms with Gasteiger partial charge in [0.15, 0.2) is 0 Å². The van der Waals surface area contributed by atoms with Crippen LogP contribution in [0.2, 0.25) is 0 Å². The molecule has 2 fully saturated rings. The normalized spacial score (nSPS) is 24.3. The van der Waals surface area contributed by atoms with Gasteiger partial charge < -0.3 is 14.4 Å². The van der Waals surface area contributed by atoms with Crippen LogP contribution in [0.15, 0.2) is 24.3 Å². The van der Waals surface area contributed by atoms with Crippen molar-refractivity contribution in [2.24, 2.45) is 0 Å². The molecule has 0 saturated carbocycles. The number of hydrogen-bond acceptors (Lipinski definition) is 3. The van der Waals surface area contributed by atoms with Gasteiger partial charge in [0.05, 0.1) is 6.10 Å². The van der Waals surface area contributed by atoms with Gasteiger partial charge in [0.25, 0.3) is 0 Å². The Morgan fingerprint density at radius 2 is 1.86 bits per heavy atom. The Bertz CT molecular complexity index is 437. The summed E-state index contributed by atoms with van der Waals surface area (Å²) in [5.41, 5.74) is 0. The average Bonchev–Trinajstić information content (AvgIpc) is 2.57. The van der Waals surface area contributed by atoms with Crippen LogP contribution < -0.4 is 4.74 Å². The quantitative estimate of drug-likeness (QED) is 0.829. The Kier molecular flexibility index (Phi) is 5.68. The molecule has 0 radical (unpaired) electrons. The van der Waals surface area contributed by atoms with Crippen molar-refractivity contribution in [3.63, 3.8) is 0 Å². The summed E-state index contributed by atoms with van der Waals surface area (Å²) >= 11 is 0. The van der Waals surface area contributed by atoms with E-state index in [4.69, 9.17) is 9.47 Å². The zero-order valence-electron chi connectivity index (χ0n) is 13.2. The van der Waals surface area contributed by atoms with Crippen LogP contribution in [0.25, 0.3) is 0 Å². The molecule has 0 aliphatic carbocycles. The van der Waals surface area contributed by atoms with Gasteiger partial charge in [-0.15, -0.1) is 0 Å². The fourth-order valence-electron chi connectivity index (χ4n) is 3.32. The molecule has 0 spiro atoms. The molecule has 0 bridgehead atoms. The van der Waals surface area contributed by atoms with Crippen LogP contribution in [0.3, 0.4) is 0 Å². The Morgan fingerprint density at radius 3 is 2.55 bits per heavy atom. The molecule has 22 heavy (non-hydrogen) atoms. The third kappa shape index (κ3) is 4.68. The van der Waals surface area contributed by atoms with Crippen molar-refractivity contribution < 1.29 is 13.9 Å². The Morgan fingerprint density at radius 1 is 1.09 bits per heavy atom. The van der Waals surface area contributed by atoms with Crippen LogP contribution in [-0.2, 0) is 4.74 Å². The minimum Gasteiger partial charge on any atom is -0.490 e. The van der Waals surface area contributed by atoms with E-state index in [0.29, 0.717) is 6.10 Å². The first-order valence-corrected chi connectivity index (χ1v) is 8.56. The summed E-state index contributed by atoms with van der Waals surface area (Å²) < 4.78 is 24.6. The molecule has 0 aromatic heterocycles. The standard InChI is InChI=1S/C18H26FNO2/c19-15-4-6-17(7-5-15)22-18-9-12-20(13-10-18)11-8-16-3-1-2-14-21-16/h4-7,16,18H,1-3,8-14H2. The summed E-state index contributed by atoms with van der Waals surface area (Å²) in [6, 6.07) is 6.33. The maximum absolute atomic E-state index is 12.9. The van der Waals surface area contributed by atoms with Crippen LogP contribution in [0, 0.1) is 5.82 Å². The van der Waals surface area contributed by atoms with Gasteiger partial charge in [-0.05, 0) is 62.8 Å². The minimum absolute atomic E-state index is 0.216. The molecule has 122 valence electrons. The molecule has 1 unspecified atom stereocenters. The van der Waals surface area contributed by atoms with E-state index in [1.807, 2.05) is 0 Å². The van der Waals surface area contributed by atoms with Crippen molar-refractivity contribution in [2.45, 2.75) is 50.7 Å². The van der Waals surface area contributed by atoms with Crippen LogP contribution in [0.1, 0.15) is 38.5 Å². The lowest BCUT2D eigenvalue weighted by atomic mass is 10.0. The van der Waals surface area contributed by atoms with E-state index in [-0.39, 0.29) is 11.9 Å². The molecule has 2 heterocycles. The number of ether oxygens (including phenoxy) is 2. The Hall–Kier alpha value is -1.13. The molecular formula is C18H26FNO2. The summed E-state index contributed by atoms with van der Waals surface area (Å²) in [6.07, 6.45) is 7.75. The number of likely N-dealkylation sites (tertiary alicyclic amines) is 1. The van der Waals surface area contributed by atoms with Crippen LogP contribution in [-0.4, -0.2) is 43.3 Å². The van der Waals surface area contributed by atoms with Crippen molar-refractivity contribution in [3.8, 4) is 5.75 Å². The van der Waals surface area contributed by atoms with E-state index in [1.165, 1.54) is 31.4 Å². The monoisotopic (exact) mass is 307 g/mol. The lowest BCUT2D eigenvalue weighted by molar-refractivity contribution is 0.00194. The van der Waals surface area contributed by atoms with Crippen LogP contribution >= 0.6 is 0 Å². The minimum atomic E-state index is -0.216. The maximum atomic E-state index is 12.9. The Labute approximate surface area is 132 Å². The first kappa shape index (κ1) is 15.8. The number of piperidine rings is 1. The third-order valence-electron chi connectivity index (χ3n) is 4.69. The lowest BCUT2D eigenvalue weighted by Crippen LogP contribution is -2.39. The summed E-state index contributed by atoms with van der Waals surface area (Å²) in [5, 5.41) is 0. The van der Waals surface area contributed by atoms with Gasteiger partial charge in [-0.2, -0.15) is 0 Å². The first-order chi connectivity index (χ1) is 10.8. The molecule has 0 N–H and O–H groups in total. The fourth-order valence-corrected chi connectivity index (χ4v) is 3.32. The average molecular weight is 307 g/mol. The summed E-state index contributed by atoms with van der Waals surface area (Å²) in [7, 11) is 0. The number of halogens is 1. The maximum Gasteiger partial charge on any atom is 0.123 e. The molecule has 2 aliphatic heterocycles. The molecular weight excluding hydrogens is 281 g/mol. The second-order valence-corrected chi connectivity index (χ2v) is 6.39. The van der Waals surface area contributed by atoms with Gasteiger partial charge in [-0.3, -0.25) is 0 Å². The first-order valence-electron chi connectivity index (χ1n) is 8.56.